The first-order valence-corrected chi connectivity index (χ1v) is 9.68. The van der Waals surface area contributed by atoms with Crippen LogP contribution in [0.5, 0.6) is 0 Å². The molecule has 0 saturated heterocycles. The number of nitrogens with zero attached hydrogens (tertiary/aromatic N) is 2. The highest BCUT2D eigenvalue weighted by atomic mass is 14.9. The minimum atomic E-state index is -0.0783. The highest BCUT2D eigenvalue weighted by Crippen LogP contribution is 2.38. The summed E-state index contributed by atoms with van der Waals surface area (Å²) in [4.78, 5) is 0. The molecule has 140 valence electrons. The molecular weight excluding hydrogens is 328 g/mol. The summed E-state index contributed by atoms with van der Waals surface area (Å²) >= 11 is 0. The summed E-state index contributed by atoms with van der Waals surface area (Å²) in [7, 11) is 4.26. The van der Waals surface area contributed by atoms with E-state index in [4.69, 9.17) is 0 Å². The van der Waals surface area contributed by atoms with Gasteiger partial charge >= 0.3 is 0 Å². The van der Waals surface area contributed by atoms with Gasteiger partial charge in [-0.15, -0.1) is 0 Å². The van der Waals surface area contributed by atoms with Gasteiger partial charge < -0.3 is 0 Å². The van der Waals surface area contributed by atoms with Crippen LogP contribution in [-0.4, -0.2) is 0 Å². The zero-order chi connectivity index (χ0) is 19.8. The van der Waals surface area contributed by atoms with E-state index >= 15 is 0 Å². The van der Waals surface area contributed by atoms with Crippen molar-refractivity contribution in [1.82, 2.24) is 0 Å². The molecule has 0 saturated carbocycles. The second-order valence-corrected chi connectivity index (χ2v) is 8.62. The normalized spacial score (nSPS) is 12.3. The molecular formula is C25H32N2+2. The number of benzene rings is 1. The molecule has 2 heteroatoms. The number of aromatic nitrogens is 2. The third kappa shape index (κ3) is 3.29. The van der Waals surface area contributed by atoms with E-state index < -0.39 is 0 Å². The van der Waals surface area contributed by atoms with Gasteiger partial charge in [0.25, 0.3) is 0 Å². The fraction of sp³-hybridized carbons (Fsp3) is 0.360. The van der Waals surface area contributed by atoms with Gasteiger partial charge in [0.05, 0.1) is 10.8 Å². The zero-order valence-corrected chi connectivity index (χ0v) is 17.7. The summed E-state index contributed by atoms with van der Waals surface area (Å²) in [5.41, 5.74) is 6.61. The molecule has 0 atom stereocenters. The van der Waals surface area contributed by atoms with Crippen molar-refractivity contribution in [3.63, 3.8) is 0 Å². The van der Waals surface area contributed by atoms with Crippen LogP contribution in [0.25, 0.3) is 0 Å². The van der Waals surface area contributed by atoms with Crippen LogP contribution in [0.3, 0.4) is 0 Å². The van der Waals surface area contributed by atoms with Gasteiger partial charge in [-0.05, 0) is 51.3 Å². The van der Waals surface area contributed by atoms with Crippen molar-refractivity contribution in [3.05, 3.63) is 95.1 Å². The highest BCUT2D eigenvalue weighted by Gasteiger charge is 2.37. The fourth-order valence-corrected chi connectivity index (χ4v) is 4.61. The Morgan fingerprint density at radius 3 is 1.37 bits per heavy atom. The number of rotatable bonds is 4. The number of pyridine rings is 2. The first-order valence-electron chi connectivity index (χ1n) is 9.68. The van der Waals surface area contributed by atoms with Gasteiger partial charge in [0, 0.05) is 24.3 Å². The zero-order valence-electron chi connectivity index (χ0n) is 17.7. The van der Waals surface area contributed by atoms with Crippen LogP contribution in [0.15, 0.2) is 67.0 Å². The Morgan fingerprint density at radius 1 is 0.593 bits per heavy atom. The van der Waals surface area contributed by atoms with E-state index in [1.165, 1.54) is 28.1 Å². The molecule has 27 heavy (non-hydrogen) atoms. The maximum atomic E-state index is 2.32. The van der Waals surface area contributed by atoms with Crippen LogP contribution in [0.4, 0.5) is 0 Å². The van der Waals surface area contributed by atoms with Gasteiger partial charge in [-0.25, -0.2) is 9.13 Å². The molecule has 1 aromatic carbocycles. The predicted molar refractivity (Wildman–Crippen MR) is 111 cm³/mol. The molecule has 0 unspecified atom stereocenters. The molecule has 0 aliphatic carbocycles. The molecule has 0 N–H and O–H groups in total. The highest BCUT2D eigenvalue weighted by molar-refractivity contribution is 5.47. The lowest BCUT2D eigenvalue weighted by Gasteiger charge is -2.30. The van der Waals surface area contributed by atoms with Crippen molar-refractivity contribution >= 4 is 0 Å². The molecule has 2 aromatic heterocycles. The molecule has 2 nitrogen and oxygen atoms in total. The summed E-state index contributed by atoms with van der Waals surface area (Å²) in [5, 5.41) is 0. The number of aryl methyl sites for hydroxylation is 2. The van der Waals surface area contributed by atoms with Crippen LogP contribution in [0, 0.1) is 6.92 Å². The van der Waals surface area contributed by atoms with E-state index in [-0.39, 0.29) is 10.8 Å². The SMILES string of the molecule is Cc1c(C(C)(C)c2cccc[n+]2C)cccc1C(C)(C)c1cccc[n+]1C. The van der Waals surface area contributed by atoms with Crippen molar-refractivity contribution in [3.8, 4) is 0 Å². The summed E-state index contributed by atoms with van der Waals surface area (Å²) in [6.45, 7) is 11.6. The molecule has 2 heterocycles. The average Bonchev–Trinajstić information content (AvgIpc) is 2.62. The second kappa shape index (κ2) is 6.92. The van der Waals surface area contributed by atoms with Gasteiger partial charge in [0.15, 0.2) is 23.8 Å². The second-order valence-electron chi connectivity index (χ2n) is 8.62. The Bertz CT molecular complexity index is 892. The molecule has 0 bridgehead atoms. The van der Waals surface area contributed by atoms with Crippen molar-refractivity contribution < 1.29 is 9.13 Å². The number of hydrogen-bond acceptors (Lipinski definition) is 0. The monoisotopic (exact) mass is 360 g/mol. The minimum Gasteiger partial charge on any atom is -0.204 e. The summed E-state index contributed by atoms with van der Waals surface area (Å²) in [6, 6.07) is 19.7. The predicted octanol–water partition coefficient (Wildman–Crippen LogP) is 4.30. The van der Waals surface area contributed by atoms with Gasteiger partial charge in [-0.2, -0.15) is 0 Å². The van der Waals surface area contributed by atoms with Crippen LogP contribution < -0.4 is 9.13 Å². The van der Waals surface area contributed by atoms with Crippen molar-refractivity contribution in [2.45, 2.75) is 45.4 Å². The van der Waals surface area contributed by atoms with Gasteiger partial charge in [0.1, 0.15) is 14.1 Å². The van der Waals surface area contributed by atoms with E-state index in [1.54, 1.807) is 0 Å². The lowest BCUT2D eigenvalue weighted by Crippen LogP contribution is -2.42. The maximum Gasteiger partial charge on any atom is 0.191 e. The van der Waals surface area contributed by atoms with E-state index in [0.717, 1.165) is 0 Å². The Hall–Kier alpha value is -2.48. The third-order valence-electron chi connectivity index (χ3n) is 6.07. The molecule has 0 spiro atoms. The van der Waals surface area contributed by atoms with E-state index in [9.17, 15) is 0 Å². The van der Waals surface area contributed by atoms with E-state index in [0.29, 0.717) is 0 Å². The van der Waals surface area contributed by atoms with Crippen LogP contribution in [0.2, 0.25) is 0 Å². The Kier molecular flexibility index (Phi) is 4.94. The first kappa shape index (κ1) is 19.3. The Labute approximate surface area is 164 Å². The molecule has 0 fully saturated rings. The van der Waals surface area contributed by atoms with Crippen LogP contribution >= 0.6 is 0 Å². The number of hydrogen-bond donors (Lipinski definition) is 0. The molecule has 3 rings (SSSR count). The topological polar surface area (TPSA) is 7.76 Å². The Morgan fingerprint density at radius 2 is 1.00 bits per heavy atom. The van der Waals surface area contributed by atoms with E-state index in [2.05, 4.69) is 125 Å². The summed E-state index contributed by atoms with van der Waals surface area (Å²) in [6.07, 6.45) is 4.26. The smallest absolute Gasteiger partial charge is 0.191 e. The van der Waals surface area contributed by atoms with Crippen LogP contribution in [-0.2, 0) is 24.9 Å². The molecule has 3 aromatic rings. The van der Waals surface area contributed by atoms with Crippen LogP contribution in [0.1, 0.15) is 55.8 Å². The van der Waals surface area contributed by atoms with E-state index in [1.807, 2.05) is 0 Å². The average molecular weight is 361 g/mol. The summed E-state index contributed by atoms with van der Waals surface area (Å²) < 4.78 is 4.46. The van der Waals surface area contributed by atoms with Gasteiger partial charge in [-0.3, -0.25) is 0 Å². The maximum absolute atomic E-state index is 2.32. The quantitative estimate of drug-likeness (QED) is 0.613. The minimum absolute atomic E-state index is 0.0783. The lowest BCUT2D eigenvalue weighted by molar-refractivity contribution is -0.682. The van der Waals surface area contributed by atoms with Crippen molar-refractivity contribution in [1.29, 1.82) is 0 Å². The lowest BCUT2D eigenvalue weighted by atomic mass is 9.72. The van der Waals surface area contributed by atoms with Crippen molar-refractivity contribution in [2.24, 2.45) is 14.1 Å². The molecule has 0 radical (unpaired) electrons. The van der Waals surface area contributed by atoms with Gasteiger partial charge in [-0.1, -0.05) is 30.3 Å². The Balaban J connectivity index is 2.18. The molecule has 0 amide bonds. The largest absolute Gasteiger partial charge is 0.204 e. The molecule has 0 aliphatic heterocycles. The van der Waals surface area contributed by atoms with Crippen molar-refractivity contribution in [2.75, 3.05) is 0 Å². The van der Waals surface area contributed by atoms with Gasteiger partial charge in [0.2, 0.25) is 0 Å². The first-order chi connectivity index (χ1) is 12.7. The summed E-state index contributed by atoms with van der Waals surface area (Å²) in [5.74, 6) is 0. The standard InChI is InChI=1S/C25H32N2/c1-19-20(24(2,3)22-15-8-10-17-26(22)6)13-12-14-21(19)25(4,5)23-16-9-11-18-27(23)7/h8-18H,1-7H3/q+2. The fourth-order valence-electron chi connectivity index (χ4n) is 4.61. The third-order valence-corrected chi connectivity index (χ3v) is 6.07. The molecule has 0 aliphatic rings.